The summed E-state index contributed by atoms with van der Waals surface area (Å²) >= 11 is 0. The second kappa shape index (κ2) is 6.91. The fraction of sp³-hybridized carbons (Fsp3) is 0.588. The standard InChI is InChI=1S/C17H23F3N2O/c1-11(14-5-3-4-6-15(14)17(18,19)20)7-16(23)22-10-13(9-21)8-12(22)2/h3-6,11-13H,7-10,21H2,1-2H3. The van der Waals surface area contributed by atoms with Crippen LogP contribution >= 0.6 is 0 Å². The van der Waals surface area contributed by atoms with Gasteiger partial charge in [-0.25, -0.2) is 0 Å². The SMILES string of the molecule is CC(CC(=O)N1CC(CN)CC1C)c1ccccc1C(F)(F)F. The molecule has 3 nitrogen and oxygen atoms in total. The highest BCUT2D eigenvalue weighted by atomic mass is 19.4. The van der Waals surface area contributed by atoms with Crippen LogP contribution in [0.25, 0.3) is 0 Å². The van der Waals surface area contributed by atoms with Crippen LogP contribution in [0.3, 0.4) is 0 Å². The molecule has 23 heavy (non-hydrogen) atoms. The fourth-order valence-electron chi connectivity index (χ4n) is 3.33. The molecular formula is C17H23F3N2O. The number of nitrogens with two attached hydrogens (primary N) is 1. The van der Waals surface area contributed by atoms with Crippen LogP contribution in [0.15, 0.2) is 24.3 Å². The zero-order valence-electron chi connectivity index (χ0n) is 13.4. The minimum Gasteiger partial charge on any atom is -0.340 e. The third kappa shape index (κ3) is 4.05. The van der Waals surface area contributed by atoms with Crippen molar-refractivity contribution in [3.05, 3.63) is 35.4 Å². The van der Waals surface area contributed by atoms with Gasteiger partial charge in [-0.15, -0.1) is 0 Å². The molecule has 1 aliphatic rings. The number of likely N-dealkylation sites (tertiary alicyclic amines) is 1. The van der Waals surface area contributed by atoms with Gasteiger partial charge in [0.2, 0.25) is 5.91 Å². The number of rotatable bonds is 4. The van der Waals surface area contributed by atoms with E-state index in [-0.39, 0.29) is 29.9 Å². The Bertz CT molecular complexity index is 559. The van der Waals surface area contributed by atoms with E-state index < -0.39 is 17.7 Å². The van der Waals surface area contributed by atoms with Crippen LogP contribution < -0.4 is 5.73 Å². The maximum absolute atomic E-state index is 13.1. The number of hydrogen-bond donors (Lipinski definition) is 1. The Morgan fingerprint density at radius 1 is 1.39 bits per heavy atom. The van der Waals surface area contributed by atoms with E-state index in [4.69, 9.17) is 5.73 Å². The van der Waals surface area contributed by atoms with Gasteiger partial charge in [0.1, 0.15) is 0 Å². The van der Waals surface area contributed by atoms with Crippen molar-refractivity contribution in [3.8, 4) is 0 Å². The molecule has 128 valence electrons. The summed E-state index contributed by atoms with van der Waals surface area (Å²) in [5.41, 5.74) is 5.17. The predicted octanol–water partition coefficient (Wildman–Crippen LogP) is 3.39. The zero-order valence-corrected chi connectivity index (χ0v) is 13.4. The highest BCUT2D eigenvalue weighted by Gasteiger charge is 2.36. The van der Waals surface area contributed by atoms with E-state index in [0.717, 1.165) is 12.5 Å². The summed E-state index contributed by atoms with van der Waals surface area (Å²) in [5, 5.41) is 0. The molecule has 0 saturated carbocycles. The van der Waals surface area contributed by atoms with Crippen molar-refractivity contribution in [2.24, 2.45) is 11.7 Å². The van der Waals surface area contributed by atoms with Crippen LogP contribution in [0, 0.1) is 5.92 Å². The molecule has 0 radical (unpaired) electrons. The van der Waals surface area contributed by atoms with Crippen LogP contribution in [0.5, 0.6) is 0 Å². The van der Waals surface area contributed by atoms with Crippen LogP contribution in [0.4, 0.5) is 13.2 Å². The zero-order chi connectivity index (χ0) is 17.2. The number of amides is 1. The maximum atomic E-state index is 13.1. The largest absolute Gasteiger partial charge is 0.416 e. The normalized spacial score (nSPS) is 23.1. The third-order valence-corrected chi connectivity index (χ3v) is 4.59. The highest BCUT2D eigenvalue weighted by Crippen LogP contribution is 2.36. The lowest BCUT2D eigenvalue weighted by Crippen LogP contribution is -2.35. The maximum Gasteiger partial charge on any atom is 0.416 e. The molecule has 1 aliphatic heterocycles. The van der Waals surface area contributed by atoms with Crippen LogP contribution in [-0.4, -0.2) is 29.9 Å². The first-order valence-electron chi connectivity index (χ1n) is 7.89. The molecule has 1 saturated heterocycles. The van der Waals surface area contributed by atoms with Gasteiger partial charge in [0.15, 0.2) is 0 Å². The van der Waals surface area contributed by atoms with Gasteiger partial charge >= 0.3 is 6.18 Å². The summed E-state index contributed by atoms with van der Waals surface area (Å²) in [5.74, 6) is -0.297. The van der Waals surface area contributed by atoms with Crippen LogP contribution in [-0.2, 0) is 11.0 Å². The average Bonchev–Trinajstić information content (AvgIpc) is 2.87. The van der Waals surface area contributed by atoms with Gasteiger partial charge in [0.25, 0.3) is 0 Å². The topological polar surface area (TPSA) is 46.3 Å². The molecule has 0 aliphatic carbocycles. The summed E-state index contributed by atoms with van der Waals surface area (Å²) in [6.45, 7) is 4.76. The first kappa shape index (κ1) is 17.8. The molecule has 1 aromatic rings. The molecule has 3 unspecified atom stereocenters. The van der Waals surface area contributed by atoms with Gasteiger partial charge in [-0.05, 0) is 43.4 Å². The summed E-state index contributed by atoms with van der Waals surface area (Å²) in [6, 6.07) is 5.57. The molecule has 0 spiro atoms. The van der Waals surface area contributed by atoms with Gasteiger partial charge in [0, 0.05) is 19.0 Å². The van der Waals surface area contributed by atoms with Crippen molar-refractivity contribution in [3.63, 3.8) is 0 Å². The molecule has 1 amide bonds. The Balaban J connectivity index is 2.11. The summed E-state index contributed by atoms with van der Waals surface area (Å²) in [6.07, 6.45) is -3.47. The van der Waals surface area contributed by atoms with Gasteiger partial charge in [0.05, 0.1) is 5.56 Å². The van der Waals surface area contributed by atoms with Gasteiger partial charge in [-0.3, -0.25) is 4.79 Å². The predicted molar refractivity (Wildman–Crippen MR) is 82.8 cm³/mol. The molecule has 6 heteroatoms. The summed E-state index contributed by atoms with van der Waals surface area (Å²) < 4.78 is 39.3. The molecule has 1 aromatic carbocycles. The monoisotopic (exact) mass is 328 g/mol. The van der Waals surface area contributed by atoms with Crippen molar-refractivity contribution in [2.45, 2.75) is 44.8 Å². The average molecular weight is 328 g/mol. The number of halogens is 3. The first-order valence-corrected chi connectivity index (χ1v) is 7.89. The Morgan fingerprint density at radius 3 is 2.61 bits per heavy atom. The quantitative estimate of drug-likeness (QED) is 0.921. The highest BCUT2D eigenvalue weighted by molar-refractivity contribution is 5.77. The number of hydrogen-bond acceptors (Lipinski definition) is 2. The lowest BCUT2D eigenvalue weighted by atomic mass is 9.92. The Kier molecular flexibility index (Phi) is 5.34. The number of carbonyl (C=O) groups is 1. The van der Waals surface area contributed by atoms with E-state index in [2.05, 4.69) is 0 Å². The number of alkyl halides is 3. The van der Waals surface area contributed by atoms with E-state index in [1.165, 1.54) is 12.1 Å². The van der Waals surface area contributed by atoms with E-state index in [1.807, 2.05) is 6.92 Å². The van der Waals surface area contributed by atoms with Crippen molar-refractivity contribution in [1.82, 2.24) is 4.90 Å². The second-order valence-corrected chi connectivity index (χ2v) is 6.42. The van der Waals surface area contributed by atoms with Crippen molar-refractivity contribution >= 4 is 5.91 Å². The molecular weight excluding hydrogens is 305 g/mol. The van der Waals surface area contributed by atoms with Crippen LogP contribution in [0.2, 0.25) is 0 Å². The molecule has 2 N–H and O–H groups in total. The Labute approximate surface area is 134 Å². The third-order valence-electron chi connectivity index (χ3n) is 4.59. The molecule has 2 rings (SSSR count). The lowest BCUT2D eigenvalue weighted by molar-refractivity contribution is -0.139. The number of nitrogens with zero attached hydrogens (tertiary/aromatic N) is 1. The van der Waals surface area contributed by atoms with E-state index in [0.29, 0.717) is 13.1 Å². The molecule has 0 aromatic heterocycles. The molecule has 0 bridgehead atoms. The molecule has 3 atom stereocenters. The smallest absolute Gasteiger partial charge is 0.340 e. The van der Waals surface area contributed by atoms with Crippen molar-refractivity contribution in [1.29, 1.82) is 0 Å². The number of benzene rings is 1. The Morgan fingerprint density at radius 2 is 2.04 bits per heavy atom. The van der Waals surface area contributed by atoms with Crippen molar-refractivity contribution < 1.29 is 18.0 Å². The van der Waals surface area contributed by atoms with Gasteiger partial charge < -0.3 is 10.6 Å². The van der Waals surface area contributed by atoms with E-state index in [9.17, 15) is 18.0 Å². The Hall–Kier alpha value is -1.56. The molecule has 1 fully saturated rings. The van der Waals surface area contributed by atoms with Gasteiger partial charge in [-0.2, -0.15) is 13.2 Å². The lowest BCUT2D eigenvalue weighted by Gasteiger charge is -2.24. The second-order valence-electron chi connectivity index (χ2n) is 6.42. The van der Waals surface area contributed by atoms with Crippen LogP contribution in [0.1, 0.15) is 43.7 Å². The number of carbonyl (C=O) groups excluding carboxylic acids is 1. The minimum absolute atomic E-state index is 0.0781. The summed E-state index contributed by atoms with van der Waals surface area (Å²) in [4.78, 5) is 14.2. The summed E-state index contributed by atoms with van der Waals surface area (Å²) in [7, 11) is 0. The van der Waals surface area contributed by atoms with Crippen molar-refractivity contribution in [2.75, 3.05) is 13.1 Å². The van der Waals surface area contributed by atoms with Gasteiger partial charge in [-0.1, -0.05) is 25.1 Å². The van der Waals surface area contributed by atoms with E-state index in [1.54, 1.807) is 17.9 Å². The fourth-order valence-corrected chi connectivity index (χ4v) is 3.33. The van der Waals surface area contributed by atoms with E-state index >= 15 is 0 Å². The minimum atomic E-state index is -4.40. The molecule has 1 heterocycles. The first-order chi connectivity index (χ1) is 10.7.